The zero-order chi connectivity index (χ0) is 12.9. The van der Waals surface area contributed by atoms with E-state index < -0.39 is 0 Å². The van der Waals surface area contributed by atoms with Crippen molar-refractivity contribution >= 4 is 0 Å². The van der Waals surface area contributed by atoms with Gasteiger partial charge in [-0.1, -0.05) is 0 Å². The van der Waals surface area contributed by atoms with Gasteiger partial charge in [0.1, 0.15) is 0 Å². The molecule has 1 saturated heterocycles. The molecule has 0 spiro atoms. The molecule has 1 unspecified atom stereocenters. The Kier molecular flexibility index (Phi) is 2.88. The molecule has 5 aliphatic rings. The Morgan fingerprint density at radius 2 is 1.47 bits per heavy atom. The van der Waals surface area contributed by atoms with Crippen LogP contribution in [0.5, 0.6) is 0 Å². The fraction of sp³-hybridized carbons (Fsp3) is 0.941. The summed E-state index contributed by atoms with van der Waals surface area (Å²) in [6.07, 6.45) is 11.1. The number of nitrogens with one attached hydrogen (secondary N) is 1. The van der Waals surface area contributed by atoms with Gasteiger partial charge in [-0.2, -0.15) is 5.26 Å². The summed E-state index contributed by atoms with van der Waals surface area (Å²) in [7, 11) is 0. The lowest BCUT2D eigenvalue weighted by Crippen LogP contribution is -2.51. The second kappa shape index (κ2) is 4.48. The molecule has 1 heterocycles. The van der Waals surface area contributed by atoms with Gasteiger partial charge in [0.25, 0.3) is 0 Å². The summed E-state index contributed by atoms with van der Waals surface area (Å²) < 4.78 is 0. The van der Waals surface area contributed by atoms with E-state index in [1.807, 2.05) is 0 Å². The Balaban J connectivity index is 1.60. The van der Waals surface area contributed by atoms with Gasteiger partial charge in [0.05, 0.1) is 12.0 Å². The highest BCUT2D eigenvalue weighted by molar-refractivity contribution is 5.10. The number of nitrogens with zero attached hydrogens (tertiary/aromatic N) is 1. The van der Waals surface area contributed by atoms with E-state index in [0.717, 1.165) is 30.8 Å². The van der Waals surface area contributed by atoms with Gasteiger partial charge >= 0.3 is 0 Å². The first-order valence-corrected chi connectivity index (χ1v) is 8.39. The second-order valence-corrected chi connectivity index (χ2v) is 7.97. The Labute approximate surface area is 116 Å². The quantitative estimate of drug-likeness (QED) is 0.824. The number of rotatable bonds is 2. The fourth-order valence-corrected chi connectivity index (χ4v) is 6.48. The van der Waals surface area contributed by atoms with E-state index in [9.17, 15) is 5.26 Å². The van der Waals surface area contributed by atoms with Crippen LogP contribution in [0.3, 0.4) is 0 Å². The molecule has 1 atom stereocenters. The second-order valence-electron chi connectivity index (χ2n) is 7.97. The summed E-state index contributed by atoms with van der Waals surface area (Å²) in [6, 6.07) is 2.80. The fourth-order valence-electron chi connectivity index (χ4n) is 6.48. The highest BCUT2D eigenvalue weighted by Crippen LogP contribution is 2.64. The van der Waals surface area contributed by atoms with Crippen LogP contribution in [0.25, 0.3) is 0 Å². The Morgan fingerprint density at radius 3 is 1.95 bits per heavy atom. The van der Waals surface area contributed by atoms with Crippen LogP contribution in [-0.2, 0) is 0 Å². The van der Waals surface area contributed by atoms with Crippen LogP contribution in [0.1, 0.15) is 51.4 Å². The van der Waals surface area contributed by atoms with Crippen LogP contribution in [-0.4, -0.2) is 13.1 Å². The molecule has 0 aromatic carbocycles. The summed E-state index contributed by atoms with van der Waals surface area (Å²) in [5, 5.41) is 13.3. The van der Waals surface area contributed by atoms with Crippen molar-refractivity contribution < 1.29 is 0 Å². The van der Waals surface area contributed by atoms with Gasteiger partial charge in [0.15, 0.2) is 0 Å². The first-order valence-electron chi connectivity index (χ1n) is 8.39. The molecular weight excluding hydrogens is 232 g/mol. The lowest BCUT2D eigenvalue weighted by Gasteiger charge is -2.59. The number of hydrogen-bond acceptors (Lipinski definition) is 2. The minimum Gasteiger partial charge on any atom is -0.317 e. The van der Waals surface area contributed by atoms with Gasteiger partial charge < -0.3 is 5.32 Å². The molecule has 5 rings (SSSR count). The van der Waals surface area contributed by atoms with Crippen LogP contribution in [0.4, 0.5) is 0 Å². The molecule has 0 amide bonds. The SMILES string of the molecule is N#CC(C1CCNCC1)C12CC3CC(CC(C3)C1)C2. The first kappa shape index (κ1) is 12.2. The number of nitriles is 1. The van der Waals surface area contributed by atoms with Gasteiger partial charge in [0, 0.05) is 0 Å². The molecule has 0 aromatic heterocycles. The molecule has 4 bridgehead atoms. The number of piperidine rings is 1. The molecule has 5 fully saturated rings. The van der Waals surface area contributed by atoms with Crippen LogP contribution in [0.2, 0.25) is 0 Å². The van der Waals surface area contributed by atoms with Gasteiger partial charge in [-0.05, 0) is 93.5 Å². The normalized spacial score (nSPS) is 47.0. The van der Waals surface area contributed by atoms with E-state index in [2.05, 4.69) is 11.4 Å². The van der Waals surface area contributed by atoms with Crippen molar-refractivity contribution in [2.75, 3.05) is 13.1 Å². The standard InChI is InChI=1S/C17H26N2/c18-11-16(15-1-3-19-4-2-15)17-8-12-5-13(9-17)7-14(6-12)10-17/h12-16,19H,1-10H2. The topological polar surface area (TPSA) is 35.8 Å². The molecule has 19 heavy (non-hydrogen) atoms. The molecule has 2 nitrogen and oxygen atoms in total. The third-order valence-electron chi connectivity index (χ3n) is 6.74. The summed E-state index contributed by atoms with van der Waals surface area (Å²) in [5.41, 5.74) is 0.436. The van der Waals surface area contributed by atoms with Crippen LogP contribution >= 0.6 is 0 Å². The molecule has 4 saturated carbocycles. The Hall–Kier alpha value is -0.550. The maximum atomic E-state index is 9.87. The predicted octanol–water partition coefficient (Wildman–Crippen LogP) is 3.34. The average molecular weight is 258 g/mol. The van der Waals surface area contributed by atoms with E-state index in [1.54, 1.807) is 0 Å². The van der Waals surface area contributed by atoms with E-state index in [1.165, 1.54) is 51.4 Å². The van der Waals surface area contributed by atoms with Crippen molar-refractivity contribution in [3.63, 3.8) is 0 Å². The van der Waals surface area contributed by atoms with Crippen LogP contribution < -0.4 is 5.32 Å². The minimum absolute atomic E-state index is 0.364. The summed E-state index contributed by atoms with van der Waals surface area (Å²) >= 11 is 0. The molecule has 0 aromatic rings. The highest BCUT2D eigenvalue weighted by atomic mass is 14.9. The maximum Gasteiger partial charge on any atom is 0.0664 e. The lowest BCUT2D eigenvalue weighted by molar-refractivity contribution is -0.0886. The van der Waals surface area contributed by atoms with Crippen LogP contribution in [0.15, 0.2) is 0 Å². The monoisotopic (exact) mass is 258 g/mol. The minimum atomic E-state index is 0.364. The smallest absolute Gasteiger partial charge is 0.0664 e. The average Bonchev–Trinajstić information content (AvgIpc) is 2.38. The van der Waals surface area contributed by atoms with Gasteiger partial charge in [0.2, 0.25) is 0 Å². The molecule has 104 valence electrons. The zero-order valence-corrected chi connectivity index (χ0v) is 11.9. The third kappa shape index (κ3) is 1.93. The third-order valence-corrected chi connectivity index (χ3v) is 6.74. The molecule has 1 N–H and O–H groups in total. The summed E-state index contributed by atoms with van der Waals surface area (Å²) in [5.74, 6) is 3.97. The zero-order valence-electron chi connectivity index (χ0n) is 11.9. The molecule has 2 heteroatoms. The van der Waals surface area contributed by atoms with Gasteiger partial charge in [-0.3, -0.25) is 0 Å². The van der Waals surface area contributed by atoms with Gasteiger partial charge in [-0.15, -0.1) is 0 Å². The number of hydrogen-bond donors (Lipinski definition) is 1. The molecule has 1 aliphatic heterocycles. The molecule has 4 aliphatic carbocycles. The van der Waals surface area contributed by atoms with E-state index in [0.29, 0.717) is 17.3 Å². The van der Waals surface area contributed by atoms with Crippen molar-refractivity contribution in [3.05, 3.63) is 0 Å². The van der Waals surface area contributed by atoms with Crippen molar-refractivity contribution in [2.45, 2.75) is 51.4 Å². The van der Waals surface area contributed by atoms with Crippen molar-refractivity contribution in [1.82, 2.24) is 5.32 Å². The Morgan fingerprint density at radius 1 is 0.947 bits per heavy atom. The predicted molar refractivity (Wildman–Crippen MR) is 75.3 cm³/mol. The van der Waals surface area contributed by atoms with Crippen molar-refractivity contribution in [1.29, 1.82) is 5.26 Å². The van der Waals surface area contributed by atoms with Crippen LogP contribution in [0, 0.1) is 46.3 Å². The Bertz CT molecular complexity index is 353. The highest BCUT2D eigenvalue weighted by Gasteiger charge is 2.55. The first-order chi connectivity index (χ1) is 9.29. The van der Waals surface area contributed by atoms with E-state index in [4.69, 9.17) is 0 Å². The molecular formula is C17H26N2. The maximum absolute atomic E-state index is 9.87. The molecule has 0 radical (unpaired) electrons. The van der Waals surface area contributed by atoms with Crippen molar-refractivity contribution in [3.8, 4) is 6.07 Å². The largest absolute Gasteiger partial charge is 0.317 e. The van der Waals surface area contributed by atoms with E-state index in [-0.39, 0.29) is 0 Å². The van der Waals surface area contributed by atoms with E-state index >= 15 is 0 Å². The lowest BCUT2D eigenvalue weighted by atomic mass is 9.45. The van der Waals surface area contributed by atoms with Crippen molar-refractivity contribution in [2.24, 2.45) is 35.0 Å². The summed E-state index contributed by atoms with van der Waals surface area (Å²) in [4.78, 5) is 0. The summed E-state index contributed by atoms with van der Waals surface area (Å²) in [6.45, 7) is 2.27. The van der Waals surface area contributed by atoms with Gasteiger partial charge in [-0.25, -0.2) is 0 Å².